The molecular weight excluding hydrogens is 496 g/mol. The molecule has 0 bridgehead atoms. The molecular formula is C32H22N8. The van der Waals surface area contributed by atoms with Crippen molar-refractivity contribution in [3.63, 3.8) is 0 Å². The first-order valence-corrected chi connectivity index (χ1v) is 12.9. The van der Waals surface area contributed by atoms with Gasteiger partial charge in [0.1, 0.15) is 22.8 Å². The van der Waals surface area contributed by atoms with Gasteiger partial charge in [-0.15, -0.1) is 20.4 Å². The number of pyridine rings is 4. The lowest BCUT2D eigenvalue weighted by atomic mass is 10.1. The van der Waals surface area contributed by atoms with Gasteiger partial charge in [0, 0.05) is 22.2 Å². The van der Waals surface area contributed by atoms with Crippen LogP contribution in [0.1, 0.15) is 11.4 Å². The van der Waals surface area contributed by atoms with Crippen LogP contribution in [0.2, 0.25) is 0 Å². The van der Waals surface area contributed by atoms with E-state index in [0.29, 0.717) is 11.4 Å². The number of nitrogens with zero attached hydrogens (tertiary/aromatic N) is 8. The van der Waals surface area contributed by atoms with Crippen LogP contribution in [0, 0.1) is 13.8 Å². The van der Waals surface area contributed by atoms with Gasteiger partial charge in [-0.3, -0.25) is 9.97 Å². The summed E-state index contributed by atoms with van der Waals surface area (Å²) in [5, 5.41) is 19.7. The second kappa shape index (κ2) is 9.67. The highest BCUT2D eigenvalue weighted by Crippen LogP contribution is 2.28. The Kier molecular flexibility index (Phi) is 5.70. The van der Waals surface area contributed by atoms with E-state index >= 15 is 0 Å². The summed E-state index contributed by atoms with van der Waals surface area (Å²) in [6, 6.07) is 31.5. The molecule has 0 saturated heterocycles. The van der Waals surface area contributed by atoms with Gasteiger partial charge in [0.05, 0.1) is 33.8 Å². The van der Waals surface area contributed by atoms with E-state index in [-0.39, 0.29) is 0 Å². The molecule has 0 aliphatic carbocycles. The van der Waals surface area contributed by atoms with E-state index in [1.165, 1.54) is 0 Å². The van der Waals surface area contributed by atoms with Crippen molar-refractivity contribution in [3.8, 4) is 45.6 Å². The molecule has 6 heterocycles. The summed E-state index contributed by atoms with van der Waals surface area (Å²) < 4.78 is 0. The summed E-state index contributed by atoms with van der Waals surface area (Å²) >= 11 is 0. The Morgan fingerprint density at radius 3 is 1.00 bits per heavy atom. The molecule has 7 rings (SSSR count). The Morgan fingerprint density at radius 2 is 0.650 bits per heavy atom. The van der Waals surface area contributed by atoms with E-state index in [2.05, 4.69) is 42.5 Å². The zero-order chi connectivity index (χ0) is 27.1. The van der Waals surface area contributed by atoms with Crippen LogP contribution < -0.4 is 0 Å². The van der Waals surface area contributed by atoms with Crippen molar-refractivity contribution < 1.29 is 0 Å². The number of hydrogen-bond acceptors (Lipinski definition) is 8. The molecule has 0 spiro atoms. The first kappa shape index (κ1) is 23.6. The molecule has 6 aromatic heterocycles. The molecule has 7 aromatic rings. The van der Waals surface area contributed by atoms with E-state index in [4.69, 9.17) is 9.97 Å². The maximum absolute atomic E-state index is 4.96. The Hall–Kier alpha value is -5.50. The lowest BCUT2D eigenvalue weighted by Gasteiger charge is -2.08. The highest BCUT2D eigenvalue weighted by molar-refractivity contribution is 6.04. The smallest absolute Gasteiger partial charge is 0.111 e. The molecule has 0 fully saturated rings. The summed E-state index contributed by atoms with van der Waals surface area (Å²) in [5.41, 5.74) is 9.26. The van der Waals surface area contributed by atoms with Gasteiger partial charge in [-0.25, -0.2) is 9.97 Å². The lowest BCUT2D eigenvalue weighted by Crippen LogP contribution is -1.96. The molecule has 0 radical (unpaired) electrons. The fourth-order valence-corrected chi connectivity index (χ4v) is 4.64. The fraction of sp³-hybridized carbons (Fsp3) is 0.0625. The van der Waals surface area contributed by atoms with E-state index < -0.39 is 0 Å². The topological polar surface area (TPSA) is 103 Å². The summed E-state index contributed by atoms with van der Waals surface area (Å²) in [6.07, 6.45) is 0. The number of fused-ring (bicyclic) bond motifs is 3. The van der Waals surface area contributed by atoms with Crippen molar-refractivity contribution in [1.82, 2.24) is 40.3 Å². The monoisotopic (exact) mass is 518 g/mol. The first-order chi connectivity index (χ1) is 19.6. The van der Waals surface area contributed by atoms with E-state index in [0.717, 1.165) is 67.4 Å². The van der Waals surface area contributed by atoms with Crippen LogP contribution in [0.15, 0.2) is 97.1 Å². The van der Waals surface area contributed by atoms with E-state index in [1.54, 1.807) is 0 Å². The van der Waals surface area contributed by atoms with Crippen LogP contribution in [-0.4, -0.2) is 40.3 Å². The molecule has 0 aliphatic heterocycles. The number of aryl methyl sites for hydroxylation is 2. The quantitative estimate of drug-likeness (QED) is 0.245. The Balaban J connectivity index is 1.26. The molecule has 0 atom stereocenters. The van der Waals surface area contributed by atoms with Gasteiger partial charge in [-0.05, 0) is 74.5 Å². The van der Waals surface area contributed by atoms with Crippen molar-refractivity contribution in [2.45, 2.75) is 13.8 Å². The molecule has 0 saturated carbocycles. The molecule has 0 amide bonds. The van der Waals surface area contributed by atoms with Gasteiger partial charge < -0.3 is 0 Å². The van der Waals surface area contributed by atoms with Crippen molar-refractivity contribution in [2.24, 2.45) is 0 Å². The molecule has 190 valence electrons. The maximum Gasteiger partial charge on any atom is 0.111 e. The molecule has 8 nitrogen and oxygen atoms in total. The van der Waals surface area contributed by atoms with Gasteiger partial charge in [0.15, 0.2) is 0 Å². The van der Waals surface area contributed by atoms with Crippen LogP contribution in [0.4, 0.5) is 0 Å². The van der Waals surface area contributed by atoms with Gasteiger partial charge in [0.2, 0.25) is 0 Å². The molecule has 0 unspecified atom stereocenters. The van der Waals surface area contributed by atoms with Crippen LogP contribution in [0.5, 0.6) is 0 Å². The summed E-state index contributed by atoms with van der Waals surface area (Å²) in [7, 11) is 0. The lowest BCUT2D eigenvalue weighted by molar-refractivity contribution is 1.02. The molecule has 1 aromatic carbocycles. The fourth-order valence-electron chi connectivity index (χ4n) is 4.64. The van der Waals surface area contributed by atoms with E-state index in [1.807, 2.05) is 98.8 Å². The zero-order valence-corrected chi connectivity index (χ0v) is 21.8. The van der Waals surface area contributed by atoms with Gasteiger partial charge in [0.25, 0.3) is 0 Å². The molecule has 8 heteroatoms. The normalized spacial score (nSPS) is 11.2. The van der Waals surface area contributed by atoms with E-state index in [9.17, 15) is 0 Å². The van der Waals surface area contributed by atoms with Gasteiger partial charge in [-0.1, -0.05) is 36.4 Å². The Labute approximate surface area is 229 Å². The summed E-state index contributed by atoms with van der Waals surface area (Å²) in [6.45, 7) is 3.91. The Bertz CT molecular complexity index is 1870. The van der Waals surface area contributed by atoms with Crippen molar-refractivity contribution in [1.29, 1.82) is 0 Å². The summed E-state index contributed by atoms with van der Waals surface area (Å²) in [4.78, 5) is 19.0. The minimum absolute atomic E-state index is 0.678. The molecule has 0 N–H and O–H groups in total. The minimum atomic E-state index is 0.678. The second-order valence-corrected chi connectivity index (χ2v) is 9.54. The highest BCUT2D eigenvalue weighted by atomic mass is 15.1. The third-order valence-electron chi connectivity index (χ3n) is 6.68. The highest BCUT2D eigenvalue weighted by Gasteiger charge is 2.12. The van der Waals surface area contributed by atoms with Gasteiger partial charge >= 0.3 is 0 Å². The first-order valence-electron chi connectivity index (χ1n) is 12.9. The third kappa shape index (κ3) is 4.41. The van der Waals surface area contributed by atoms with Crippen LogP contribution >= 0.6 is 0 Å². The molecule has 0 aliphatic rings. The van der Waals surface area contributed by atoms with Crippen molar-refractivity contribution >= 4 is 21.8 Å². The predicted molar refractivity (Wildman–Crippen MR) is 155 cm³/mol. The van der Waals surface area contributed by atoms with Crippen LogP contribution in [0.3, 0.4) is 0 Å². The standard InChI is InChI=1S/C32H22N8/c1-19-5-3-7-23(33-19)27-15-17-29(39-37-27)25-13-11-21-9-10-22-12-14-26(36-32(22)31(21)35-25)30-18-16-28(38-40-30)24-8-4-6-20(2)34-24/h3-18H,1-2H3. The number of benzene rings is 1. The zero-order valence-electron chi connectivity index (χ0n) is 21.8. The van der Waals surface area contributed by atoms with Gasteiger partial charge in [-0.2, -0.15) is 0 Å². The predicted octanol–water partition coefficient (Wildman–Crippen LogP) is 6.44. The average molecular weight is 519 g/mol. The van der Waals surface area contributed by atoms with Crippen molar-refractivity contribution in [2.75, 3.05) is 0 Å². The summed E-state index contributed by atoms with van der Waals surface area (Å²) in [5.74, 6) is 0. The number of hydrogen-bond donors (Lipinski definition) is 0. The number of aromatic nitrogens is 8. The maximum atomic E-state index is 4.96. The van der Waals surface area contributed by atoms with Crippen molar-refractivity contribution in [3.05, 3.63) is 108 Å². The molecule has 40 heavy (non-hydrogen) atoms. The average Bonchev–Trinajstić information content (AvgIpc) is 3.01. The van der Waals surface area contributed by atoms with Crippen LogP contribution in [-0.2, 0) is 0 Å². The SMILES string of the molecule is Cc1cccc(-c2ccc(-c3ccc4ccc5ccc(-c6ccc(-c7cccc(C)n7)nn6)nc5c4n3)nn2)n1. The largest absolute Gasteiger partial charge is 0.251 e. The third-order valence-corrected chi connectivity index (χ3v) is 6.68. The second-order valence-electron chi connectivity index (χ2n) is 9.54. The number of rotatable bonds is 4. The van der Waals surface area contributed by atoms with Crippen LogP contribution in [0.25, 0.3) is 67.4 Å². The Morgan fingerprint density at radius 1 is 0.325 bits per heavy atom. The minimum Gasteiger partial charge on any atom is -0.251 e.